The van der Waals surface area contributed by atoms with Gasteiger partial charge in [-0.05, 0) is 49.1 Å². The van der Waals surface area contributed by atoms with E-state index in [1.807, 2.05) is 47.4 Å². The van der Waals surface area contributed by atoms with E-state index in [2.05, 4.69) is 10.2 Å². The SMILES string of the molecule is NCCC(=O)N[C@H](Cc1ccc(Cl)cc1)C(=O)N1CC[C@H](N(C(=O)c2ccccc2)C2CCCCC2)C1. The van der Waals surface area contributed by atoms with Crippen molar-refractivity contribution in [2.75, 3.05) is 19.6 Å². The van der Waals surface area contributed by atoms with E-state index in [0.29, 0.717) is 30.1 Å². The van der Waals surface area contributed by atoms with E-state index in [9.17, 15) is 14.4 Å². The summed E-state index contributed by atoms with van der Waals surface area (Å²) in [6.07, 6.45) is 6.69. The number of hydrogen-bond acceptors (Lipinski definition) is 4. The highest BCUT2D eigenvalue weighted by molar-refractivity contribution is 6.30. The molecule has 2 aromatic carbocycles. The molecule has 3 amide bonds. The first-order valence-electron chi connectivity index (χ1n) is 13.4. The quantitative estimate of drug-likeness (QED) is 0.521. The molecule has 0 bridgehead atoms. The summed E-state index contributed by atoms with van der Waals surface area (Å²) in [7, 11) is 0. The van der Waals surface area contributed by atoms with Crippen LogP contribution in [0, 0.1) is 0 Å². The van der Waals surface area contributed by atoms with Gasteiger partial charge < -0.3 is 20.9 Å². The lowest BCUT2D eigenvalue weighted by Gasteiger charge is -2.39. The third-order valence-electron chi connectivity index (χ3n) is 7.45. The van der Waals surface area contributed by atoms with Gasteiger partial charge in [0.05, 0.1) is 6.04 Å². The van der Waals surface area contributed by atoms with Gasteiger partial charge in [0, 0.05) is 49.1 Å². The summed E-state index contributed by atoms with van der Waals surface area (Å²) in [5.74, 6) is -0.326. The number of nitrogens with zero attached hydrogens (tertiary/aromatic N) is 2. The van der Waals surface area contributed by atoms with Gasteiger partial charge in [-0.15, -0.1) is 0 Å². The van der Waals surface area contributed by atoms with Gasteiger partial charge >= 0.3 is 0 Å². The van der Waals surface area contributed by atoms with Crippen molar-refractivity contribution in [3.05, 3.63) is 70.7 Å². The zero-order valence-corrected chi connectivity index (χ0v) is 22.0. The summed E-state index contributed by atoms with van der Waals surface area (Å²) >= 11 is 6.03. The first-order valence-corrected chi connectivity index (χ1v) is 13.7. The van der Waals surface area contributed by atoms with Crippen molar-refractivity contribution in [3.63, 3.8) is 0 Å². The molecule has 8 heteroatoms. The zero-order chi connectivity index (χ0) is 26.2. The second kappa shape index (κ2) is 13.1. The number of amides is 3. The largest absolute Gasteiger partial charge is 0.344 e. The van der Waals surface area contributed by atoms with Crippen LogP contribution in [0.1, 0.15) is 60.9 Å². The Morgan fingerprint density at radius 2 is 1.68 bits per heavy atom. The molecule has 4 rings (SSSR count). The average Bonchev–Trinajstić information content (AvgIpc) is 3.40. The van der Waals surface area contributed by atoms with Crippen LogP contribution in [0.4, 0.5) is 0 Å². The number of hydrogen-bond donors (Lipinski definition) is 2. The number of rotatable bonds is 9. The summed E-state index contributed by atoms with van der Waals surface area (Å²) in [6, 6.07) is 16.2. The molecule has 1 saturated carbocycles. The Morgan fingerprint density at radius 1 is 0.973 bits per heavy atom. The van der Waals surface area contributed by atoms with Crippen LogP contribution in [0.15, 0.2) is 54.6 Å². The Morgan fingerprint density at radius 3 is 2.35 bits per heavy atom. The highest BCUT2D eigenvalue weighted by Gasteiger charge is 2.39. The second-order valence-corrected chi connectivity index (χ2v) is 10.5. The highest BCUT2D eigenvalue weighted by atomic mass is 35.5. The van der Waals surface area contributed by atoms with Gasteiger partial charge in [-0.2, -0.15) is 0 Å². The molecule has 7 nitrogen and oxygen atoms in total. The van der Waals surface area contributed by atoms with Gasteiger partial charge in [-0.1, -0.05) is 61.2 Å². The fourth-order valence-corrected chi connectivity index (χ4v) is 5.69. The van der Waals surface area contributed by atoms with E-state index < -0.39 is 6.04 Å². The summed E-state index contributed by atoms with van der Waals surface area (Å²) in [5, 5.41) is 3.51. The number of carbonyl (C=O) groups is 3. The maximum atomic E-state index is 13.7. The first-order chi connectivity index (χ1) is 18.0. The van der Waals surface area contributed by atoms with Crippen molar-refractivity contribution < 1.29 is 14.4 Å². The fraction of sp³-hybridized carbons (Fsp3) is 0.483. The monoisotopic (exact) mass is 524 g/mol. The van der Waals surface area contributed by atoms with Crippen LogP contribution >= 0.6 is 11.6 Å². The van der Waals surface area contributed by atoms with E-state index in [1.165, 1.54) is 6.42 Å². The number of nitrogens with one attached hydrogen (secondary N) is 1. The molecular formula is C29H37ClN4O3. The minimum atomic E-state index is -0.702. The van der Waals surface area contributed by atoms with Crippen LogP contribution in [0.3, 0.4) is 0 Å². The van der Waals surface area contributed by atoms with Crippen LogP contribution < -0.4 is 11.1 Å². The van der Waals surface area contributed by atoms with Crippen LogP contribution in [0.5, 0.6) is 0 Å². The molecule has 1 aliphatic carbocycles. The minimum absolute atomic E-state index is 0.0424. The number of carbonyl (C=O) groups excluding carboxylic acids is 3. The molecule has 3 N–H and O–H groups in total. The molecule has 198 valence electrons. The molecule has 2 atom stereocenters. The van der Waals surface area contributed by atoms with Crippen molar-refractivity contribution in [2.24, 2.45) is 5.73 Å². The summed E-state index contributed by atoms with van der Waals surface area (Å²) in [6.45, 7) is 1.24. The van der Waals surface area contributed by atoms with Crippen LogP contribution in [0.25, 0.3) is 0 Å². The summed E-state index contributed by atoms with van der Waals surface area (Å²) < 4.78 is 0. The van der Waals surface area contributed by atoms with Crippen molar-refractivity contribution in [2.45, 2.75) is 69.5 Å². The van der Waals surface area contributed by atoms with Crippen LogP contribution in [-0.4, -0.2) is 65.3 Å². The molecule has 2 aromatic rings. The molecule has 0 aromatic heterocycles. The molecule has 1 saturated heterocycles. The van der Waals surface area contributed by atoms with Crippen LogP contribution in [-0.2, 0) is 16.0 Å². The maximum absolute atomic E-state index is 13.7. The van der Waals surface area contributed by atoms with E-state index in [4.69, 9.17) is 17.3 Å². The van der Waals surface area contributed by atoms with Gasteiger partial charge in [0.1, 0.15) is 6.04 Å². The smallest absolute Gasteiger partial charge is 0.254 e. The molecule has 0 radical (unpaired) electrons. The third kappa shape index (κ3) is 7.11. The lowest BCUT2D eigenvalue weighted by molar-refractivity contribution is -0.135. The van der Waals surface area contributed by atoms with E-state index >= 15 is 0 Å². The lowest BCUT2D eigenvalue weighted by atomic mass is 9.92. The third-order valence-corrected chi connectivity index (χ3v) is 7.70. The molecule has 1 aliphatic heterocycles. The molecule has 2 fully saturated rings. The van der Waals surface area contributed by atoms with Crippen molar-refractivity contribution in [1.29, 1.82) is 0 Å². The number of halogens is 1. The van der Waals surface area contributed by atoms with E-state index in [-0.39, 0.29) is 42.8 Å². The Bertz CT molecular complexity index is 1060. The average molecular weight is 525 g/mol. The fourth-order valence-electron chi connectivity index (χ4n) is 5.56. The van der Waals surface area contributed by atoms with Gasteiger partial charge in [0.2, 0.25) is 11.8 Å². The van der Waals surface area contributed by atoms with Gasteiger partial charge in [0.25, 0.3) is 5.91 Å². The molecule has 0 spiro atoms. The predicted octanol–water partition coefficient (Wildman–Crippen LogP) is 3.79. The number of likely N-dealkylation sites (tertiary alicyclic amines) is 1. The standard InChI is InChI=1S/C29H37ClN4O3/c30-23-13-11-21(12-14-23)19-26(32-27(35)15-17-31)29(37)33-18-16-25(20-33)34(24-9-5-2-6-10-24)28(36)22-7-3-1-4-8-22/h1,3-4,7-8,11-14,24-26H,2,5-6,9-10,15-20,31H2,(H,32,35)/t25-,26+/m0/s1. The van der Waals surface area contributed by atoms with Crippen molar-refractivity contribution in [1.82, 2.24) is 15.1 Å². The number of nitrogens with two attached hydrogens (primary N) is 1. The minimum Gasteiger partial charge on any atom is -0.344 e. The lowest BCUT2D eigenvalue weighted by Crippen LogP contribution is -2.52. The van der Waals surface area contributed by atoms with Gasteiger partial charge in [-0.25, -0.2) is 0 Å². The first kappa shape index (κ1) is 27.1. The molecule has 0 unspecified atom stereocenters. The Labute approximate surface area is 224 Å². The number of benzene rings is 2. The predicted molar refractivity (Wildman–Crippen MR) is 145 cm³/mol. The maximum Gasteiger partial charge on any atom is 0.254 e. The van der Waals surface area contributed by atoms with Crippen molar-refractivity contribution >= 4 is 29.3 Å². The summed E-state index contributed by atoms with van der Waals surface area (Å²) in [4.78, 5) is 43.6. The second-order valence-electron chi connectivity index (χ2n) is 10.1. The molecular weight excluding hydrogens is 488 g/mol. The Balaban J connectivity index is 1.51. The zero-order valence-electron chi connectivity index (χ0n) is 21.3. The van der Waals surface area contributed by atoms with Crippen molar-refractivity contribution in [3.8, 4) is 0 Å². The van der Waals surface area contributed by atoms with E-state index in [1.54, 1.807) is 12.1 Å². The van der Waals surface area contributed by atoms with Gasteiger partial charge in [0.15, 0.2) is 0 Å². The molecule has 2 aliphatic rings. The molecule has 37 heavy (non-hydrogen) atoms. The van der Waals surface area contributed by atoms with Crippen LogP contribution in [0.2, 0.25) is 5.02 Å². The normalized spacial score (nSPS) is 18.9. The topological polar surface area (TPSA) is 95.7 Å². The van der Waals surface area contributed by atoms with E-state index in [0.717, 1.165) is 37.7 Å². The highest BCUT2D eigenvalue weighted by Crippen LogP contribution is 2.29. The van der Waals surface area contributed by atoms with Gasteiger partial charge in [-0.3, -0.25) is 14.4 Å². The Hall–Kier alpha value is -2.90. The summed E-state index contributed by atoms with van der Waals surface area (Å²) in [5.41, 5.74) is 7.16. The Kier molecular flexibility index (Phi) is 9.58. The molecule has 1 heterocycles.